The molecule has 0 unspecified atom stereocenters. The number of hydrogen-bond donors (Lipinski definition) is 1. The fourth-order valence-electron chi connectivity index (χ4n) is 5.75. The molecule has 8 heteroatoms. The normalized spacial score (nSPS) is 28.4. The topological polar surface area (TPSA) is 51.1 Å². The van der Waals surface area contributed by atoms with Crippen LogP contribution in [0.25, 0.3) is 0 Å². The molecule has 2 aliphatic carbocycles. The molecule has 3 aliphatic rings. The van der Waals surface area contributed by atoms with Gasteiger partial charge in [-0.25, -0.2) is 4.39 Å². The Morgan fingerprint density at radius 2 is 1.97 bits per heavy atom. The first-order chi connectivity index (χ1) is 15.1. The van der Waals surface area contributed by atoms with Gasteiger partial charge in [-0.3, -0.25) is 14.2 Å². The zero-order valence-electron chi connectivity index (χ0n) is 16.6. The van der Waals surface area contributed by atoms with E-state index in [1.165, 1.54) is 59.7 Å². The molecule has 6 rings (SSSR count). The van der Waals surface area contributed by atoms with Crippen molar-refractivity contribution >= 4 is 46.0 Å². The molecule has 1 aromatic carbocycles. The standard InChI is InChI=1S/C23H21FN2O2S3/c24-14-5-7-15(8-6-14)25-17(27)11-26-22-21(31-23(26)28)19(16-2-1-9-29-16)18-12-3-4-13(10-12)20(18)30-22/h1-2,5-9,12-13,18-20H,3-4,10-11H2,(H,25,27)/t12-,13-,18-,19-,20+/m0/s1. The van der Waals surface area contributed by atoms with Gasteiger partial charge in [0.15, 0.2) is 0 Å². The minimum atomic E-state index is -0.349. The Kier molecular flexibility index (Phi) is 4.85. The molecule has 2 saturated carbocycles. The Labute approximate surface area is 191 Å². The minimum absolute atomic E-state index is 0.0162. The third-order valence-corrected chi connectivity index (χ3v) is 10.8. The number of nitrogens with one attached hydrogen (secondary N) is 1. The number of halogens is 1. The summed E-state index contributed by atoms with van der Waals surface area (Å²) in [5, 5.41) is 6.42. The van der Waals surface area contributed by atoms with Crippen molar-refractivity contribution in [1.29, 1.82) is 0 Å². The van der Waals surface area contributed by atoms with Crippen molar-refractivity contribution in [3.63, 3.8) is 0 Å². The van der Waals surface area contributed by atoms with Gasteiger partial charge in [-0.15, -0.1) is 23.1 Å². The first-order valence-corrected chi connectivity index (χ1v) is 13.1. The van der Waals surface area contributed by atoms with Gasteiger partial charge in [-0.2, -0.15) is 0 Å². The van der Waals surface area contributed by atoms with Crippen molar-refractivity contribution in [2.24, 2.45) is 17.8 Å². The van der Waals surface area contributed by atoms with Crippen LogP contribution in [0.15, 0.2) is 51.6 Å². The van der Waals surface area contributed by atoms with E-state index in [1.54, 1.807) is 15.9 Å². The lowest BCUT2D eigenvalue weighted by atomic mass is 9.77. The molecule has 0 spiro atoms. The number of thiophene rings is 1. The van der Waals surface area contributed by atoms with Crippen molar-refractivity contribution in [2.75, 3.05) is 5.32 Å². The highest BCUT2D eigenvalue weighted by Gasteiger charge is 2.55. The maximum Gasteiger partial charge on any atom is 0.308 e. The molecule has 31 heavy (non-hydrogen) atoms. The first kappa shape index (κ1) is 19.8. The van der Waals surface area contributed by atoms with Gasteiger partial charge in [-0.05, 0) is 72.7 Å². The number of nitrogens with zero attached hydrogens (tertiary/aromatic N) is 1. The highest BCUT2D eigenvalue weighted by atomic mass is 32.2. The van der Waals surface area contributed by atoms with Gasteiger partial charge in [0, 0.05) is 26.6 Å². The summed E-state index contributed by atoms with van der Waals surface area (Å²) in [6.07, 6.45) is 3.89. The average Bonchev–Trinajstić information content (AvgIpc) is 3.54. The molecule has 1 amide bonds. The number of fused-ring (bicyclic) bond motifs is 6. The van der Waals surface area contributed by atoms with E-state index in [0.29, 0.717) is 22.8 Å². The SMILES string of the molecule is O=C(Cn1c2c(sc1=O)[C@@H](c1cccs1)[C@@H]1[C@H]3CC[C@@H](C3)[C@H]1S2)Nc1ccc(F)cc1. The van der Waals surface area contributed by atoms with Gasteiger partial charge < -0.3 is 5.32 Å². The molecule has 0 radical (unpaired) electrons. The van der Waals surface area contributed by atoms with Crippen LogP contribution >= 0.6 is 34.4 Å². The lowest BCUT2D eigenvalue weighted by Crippen LogP contribution is -2.34. The summed E-state index contributed by atoms with van der Waals surface area (Å²) in [5.74, 6) is 1.71. The molecule has 0 saturated heterocycles. The highest BCUT2D eigenvalue weighted by molar-refractivity contribution is 8.00. The summed E-state index contributed by atoms with van der Waals surface area (Å²) in [6.45, 7) is -0.0162. The maximum atomic E-state index is 13.1. The third kappa shape index (κ3) is 3.31. The largest absolute Gasteiger partial charge is 0.325 e. The van der Waals surface area contributed by atoms with Gasteiger partial charge in [0.2, 0.25) is 5.91 Å². The smallest absolute Gasteiger partial charge is 0.308 e. The molecule has 160 valence electrons. The van der Waals surface area contributed by atoms with Gasteiger partial charge >= 0.3 is 4.87 Å². The van der Waals surface area contributed by atoms with E-state index in [0.717, 1.165) is 15.8 Å². The summed E-state index contributed by atoms with van der Waals surface area (Å²) in [4.78, 5) is 28.1. The number of benzene rings is 1. The monoisotopic (exact) mass is 472 g/mol. The minimum Gasteiger partial charge on any atom is -0.325 e. The Hall–Kier alpha value is -1.90. The Balaban J connectivity index is 1.34. The number of amides is 1. The van der Waals surface area contributed by atoms with Crippen molar-refractivity contribution in [2.45, 2.75) is 42.0 Å². The summed E-state index contributed by atoms with van der Waals surface area (Å²) in [6, 6.07) is 9.98. The zero-order chi connectivity index (χ0) is 21.1. The third-order valence-electron chi connectivity index (χ3n) is 6.97. The van der Waals surface area contributed by atoms with Crippen molar-refractivity contribution in [1.82, 2.24) is 4.57 Å². The summed E-state index contributed by atoms with van der Waals surface area (Å²) in [5.41, 5.74) is 0.529. The molecule has 1 aliphatic heterocycles. The van der Waals surface area contributed by atoms with E-state index in [1.807, 2.05) is 11.8 Å². The van der Waals surface area contributed by atoms with Crippen LogP contribution in [0.4, 0.5) is 10.1 Å². The molecule has 2 aromatic heterocycles. The van der Waals surface area contributed by atoms with Crippen LogP contribution in [-0.2, 0) is 11.3 Å². The zero-order valence-corrected chi connectivity index (χ0v) is 19.1. The quantitative estimate of drug-likeness (QED) is 0.553. The van der Waals surface area contributed by atoms with Crippen LogP contribution in [-0.4, -0.2) is 15.7 Å². The molecular weight excluding hydrogens is 451 g/mol. The predicted molar refractivity (Wildman–Crippen MR) is 124 cm³/mol. The summed E-state index contributed by atoms with van der Waals surface area (Å²) < 4.78 is 14.8. The Morgan fingerprint density at radius 1 is 1.16 bits per heavy atom. The van der Waals surface area contributed by atoms with Gasteiger partial charge in [0.25, 0.3) is 0 Å². The predicted octanol–water partition coefficient (Wildman–Crippen LogP) is 5.40. The fraction of sp³-hybridized carbons (Fsp3) is 0.391. The molecule has 1 N–H and O–H groups in total. The molecule has 2 fully saturated rings. The fourth-order valence-corrected chi connectivity index (χ4v) is 9.86. The number of aromatic nitrogens is 1. The van der Waals surface area contributed by atoms with Crippen molar-refractivity contribution < 1.29 is 9.18 Å². The second-order valence-corrected chi connectivity index (χ2v) is 11.8. The summed E-state index contributed by atoms with van der Waals surface area (Å²) >= 11 is 4.93. The molecular formula is C23H21FN2O2S3. The number of thioether (sulfide) groups is 1. The highest BCUT2D eigenvalue weighted by Crippen LogP contribution is 2.64. The van der Waals surface area contributed by atoms with Crippen LogP contribution in [0, 0.1) is 23.6 Å². The van der Waals surface area contributed by atoms with Crippen LogP contribution in [0.1, 0.15) is 34.9 Å². The van der Waals surface area contributed by atoms with E-state index >= 15 is 0 Å². The van der Waals surface area contributed by atoms with E-state index in [2.05, 4.69) is 22.8 Å². The van der Waals surface area contributed by atoms with E-state index < -0.39 is 0 Å². The molecule has 3 aromatic rings. The lowest BCUT2D eigenvalue weighted by molar-refractivity contribution is -0.116. The second kappa shape index (κ2) is 7.60. The van der Waals surface area contributed by atoms with Gasteiger partial charge in [0.1, 0.15) is 12.4 Å². The number of hydrogen-bond acceptors (Lipinski definition) is 5. The van der Waals surface area contributed by atoms with E-state index in [-0.39, 0.29) is 29.1 Å². The average molecular weight is 473 g/mol. The van der Waals surface area contributed by atoms with Crippen LogP contribution in [0.5, 0.6) is 0 Å². The summed E-state index contributed by atoms with van der Waals surface area (Å²) in [7, 11) is 0. The number of anilines is 1. The Morgan fingerprint density at radius 3 is 2.74 bits per heavy atom. The van der Waals surface area contributed by atoms with Crippen molar-refractivity contribution in [3.8, 4) is 0 Å². The number of carbonyl (C=O) groups is 1. The molecule has 3 heterocycles. The second-order valence-electron chi connectivity index (χ2n) is 8.66. The van der Waals surface area contributed by atoms with Crippen molar-refractivity contribution in [3.05, 3.63) is 67.0 Å². The first-order valence-electron chi connectivity index (χ1n) is 10.6. The van der Waals surface area contributed by atoms with Gasteiger partial charge in [-0.1, -0.05) is 17.4 Å². The van der Waals surface area contributed by atoms with Gasteiger partial charge in [0.05, 0.1) is 5.03 Å². The Bertz CT molecular complexity index is 1180. The molecule has 2 bridgehead atoms. The maximum absolute atomic E-state index is 13.1. The van der Waals surface area contributed by atoms with E-state index in [9.17, 15) is 14.0 Å². The van der Waals surface area contributed by atoms with Crippen LogP contribution < -0.4 is 10.2 Å². The van der Waals surface area contributed by atoms with E-state index in [4.69, 9.17) is 0 Å². The van der Waals surface area contributed by atoms with Crippen LogP contribution in [0.3, 0.4) is 0 Å². The molecule has 4 nitrogen and oxygen atoms in total. The van der Waals surface area contributed by atoms with Crippen LogP contribution in [0.2, 0.25) is 0 Å². The number of thiazole rings is 1. The number of carbonyl (C=O) groups excluding carboxylic acids is 1. The number of rotatable bonds is 4. The molecule has 5 atom stereocenters. The lowest BCUT2D eigenvalue weighted by Gasteiger charge is -2.40.